The summed E-state index contributed by atoms with van der Waals surface area (Å²) in [5, 5.41) is 7.69. The van der Waals surface area contributed by atoms with Gasteiger partial charge in [-0.1, -0.05) is 12.0 Å². The molecule has 0 radical (unpaired) electrons. The Hall–Kier alpha value is -0.730. The summed E-state index contributed by atoms with van der Waals surface area (Å²) in [6.45, 7) is 2.97. The van der Waals surface area contributed by atoms with Crippen LogP contribution in [0.4, 0.5) is 0 Å². The van der Waals surface area contributed by atoms with Crippen LogP contribution in [0.3, 0.4) is 0 Å². The topological polar surface area (TPSA) is 139 Å². The maximum absolute atomic E-state index is 12.5. The molecule has 1 aliphatic rings. The minimum Gasteiger partial charge on any atom is -0.353 e. The highest BCUT2D eigenvalue weighted by molar-refractivity contribution is 7.99. The summed E-state index contributed by atoms with van der Waals surface area (Å²) < 4.78 is 12.5. The smallest absolute Gasteiger partial charge is 0.353 e. The molecule has 3 unspecified atom stereocenters. The molecule has 23 heavy (non-hydrogen) atoms. The first-order valence-electron chi connectivity index (χ1n) is 7.71. The van der Waals surface area contributed by atoms with E-state index >= 15 is 0 Å². The molecule has 0 bridgehead atoms. The molecule has 0 aliphatic carbocycles. The minimum absolute atomic E-state index is 0.110. The van der Waals surface area contributed by atoms with E-state index in [-0.39, 0.29) is 17.7 Å². The number of nitrogens with two attached hydrogens (primary N) is 2. The molecule has 0 aromatic rings. The summed E-state index contributed by atoms with van der Waals surface area (Å²) in [7, 11) is -2.17. The molecular formula is C13H27N5O3PS+. The Labute approximate surface area is 142 Å². The van der Waals surface area contributed by atoms with Gasteiger partial charge in [-0.25, -0.2) is 0 Å². The highest BCUT2D eigenvalue weighted by Gasteiger charge is 2.48. The van der Waals surface area contributed by atoms with Crippen LogP contribution in [0.15, 0.2) is 0 Å². The lowest BCUT2D eigenvalue weighted by molar-refractivity contribution is -0.127. The third-order valence-electron chi connectivity index (χ3n) is 3.62. The first-order chi connectivity index (χ1) is 10.8. The second-order valence-electron chi connectivity index (χ2n) is 5.59. The molecule has 0 spiro atoms. The first-order valence-corrected chi connectivity index (χ1v) is 10.3. The van der Waals surface area contributed by atoms with Crippen LogP contribution in [0.5, 0.6) is 0 Å². The normalized spacial score (nSPS) is 22.7. The summed E-state index contributed by atoms with van der Waals surface area (Å²) in [6, 6.07) is 0. The average Bonchev–Trinajstić information content (AvgIpc) is 2.52. The van der Waals surface area contributed by atoms with E-state index in [2.05, 4.69) is 15.7 Å². The van der Waals surface area contributed by atoms with Crippen molar-refractivity contribution in [2.24, 2.45) is 11.5 Å². The quantitative estimate of drug-likeness (QED) is 0.282. The lowest BCUT2D eigenvalue weighted by Crippen LogP contribution is -2.64. The molecule has 2 amide bonds. The standard InChI is InChI=1S/C13H26N5O3PS/c1-3-6-17-12(20)13(15,8-10(14)23-2)18-22(21)9-5-4-7-16-11(9)19/h9-10H,3-8,14-15H2,1-2H3,(H2-,16,17,18,19,20,21)/p+1/t9-,10?,13?/m0/s1. The van der Waals surface area contributed by atoms with Crippen LogP contribution in [-0.4, -0.2) is 47.9 Å². The van der Waals surface area contributed by atoms with E-state index < -0.39 is 25.2 Å². The molecule has 1 saturated heterocycles. The van der Waals surface area contributed by atoms with Gasteiger partial charge in [-0.05, 0) is 23.7 Å². The highest BCUT2D eigenvalue weighted by Crippen LogP contribution is 2.32. The molecule has 0 saturated carbocycles. The van der Waals surface area contributed by atoms with Gasteiger partial charge >= 0.3 is 7.95 Å². The predicted octanol–water partition coefficient (Wildman–Crippen LogP) is -0.184. The van der Waals surface area contributed by atoms with Crippen LogP contribution in [0, 0.1) is 0 Å². The number of thioether (sulfide) groups is 1. The first kappa shape index (κ1) is 20.3. The van der Waals surface area contributed by atoms with Crippen molar-refractivity contribution in [3.8, 4) is 0 Å². The SMILES string of the molecule is CCCNC(=O)C(N)(CC(N)SC)N[P+](=O)[C@H]1CCCNC1=O. The number of amides is 2. The van der Waals surface area contributed by atoms with Crippen LogP contribution in [0.2, 0.25) is 0 Å². The van der Waals surface area contributed by atoms with Gasteiger partial charge in [0.25, 0.3) is 17.5 Å². The number of piperidine rings is 1. The van der Waals surface area contributed by atoms with E-state index in [1.165, 1.54) is 11.8 Å². The van der Waals surface area contributed by atoms with Gasteiger partial charge in [0.1, 0.15) is 0 Å². The van der Waals surface area contributed by atoms with E-state index in [0.29, 0.717) is 19.5 Å². The molecule has 0 aromatic carbocycles. The maximum Gasteiger partial charge on any atom is 0.447 e. The van der Waals surface area contributed by atoms with Crippen LogP contribution in [-0.2, 0) is 14.2 Å². The number of rotatable bonds is 9. The van der Waals surface area contributed by atoms with Crippen molar-refractivity contribution in [1.29, 1.82) is 0 Å². The van der Waals surface area contributed by atoms with Gasteiger partial charge in [0.05, 0.1) is 5.37 Å². The van der Waals surface area contributed by atoms with Crippen molar-refractivity contribution in [3.05, 3.63) is 0 Å². The van der Waals surface area contributed by atoms with Crippen LogP contribution >= 0.6 is 19.7 Å². The Balaban J connectivity index is 2.83. The van der Waals surface area contributed by atoms with E-state index in [1.807, 2.05) is 13.2 Å². The highest BCUT2D eigenvalue weighted by atomic mass is 32.2. The Morgan fingerprint density at radius 1 is 1.61 bits per heavy atom. The van der Waals surface area contributed by atoms with E-state index in [4.69, 9.17) is 11.5 Å². The third-order valence-corrected chi connectivity index (χ3v) is 6.07. The molecule has 4 atom stereocenters. The molecule has 7 N–H and O–H groups in total. The zero-order valence-electron chi connectivity index (χ0n) is 13.6. The van der Waals surface area contributed by atoms with E-state index in [9.17, 15) is 14.2 Å². The van der Waals surface area contributed by atoms with Crippen molar-refractivity contribution in [2.45, 2.75) is 49.3 Å². The maximum atomic E-state index is 12.5. The zero-order chi connectivity index (χ0) is 17.5. The summed E-state index contributed by atoms with van der Waals surface area (Å²) in [6.07, 6.45) is 3.94. The second kappa shape index (κ2) is 9.54. The Bertz CT molecular complexity index is 453. The Morgan fingerprint density at radius 2 is 2.30 bits per heavy atom. The third kappa shape index (κ3) is 6.00. The summed E-state index contributed by atoms with van der Waals surface area (Å²) in [5.41, 5.74) is 9.83. The number of carbonyl (C=O) groups is 2. The van der Waals surface area contributed by atoms with Gasteiger partial charge in [0.15, 0.2) is 5.66 Å². The van der Waals surface area contributed by atoms with Gasteiger partial charge in [0, 0.05) is 25.9 Å². The van der Waals surface area contributed by atoms with Crippen molar-refractivity contribution in [1.82, 2.24) is 15.7 Å². The Kier molecular flexibility index (Phi) is 8.42. The molecular weight excluding hydrogens is 337 g/mol. The number of hydrogen-bond acceptors (Lipinski definition) is 6. The van der Waals surface area contributed by atoms with Gasteiger partial charge < -0.3 is 22.1 Å². The van der Waals surface area contributed by atoms with Gasteiger partial charge in [-0.2, -0.15) is 0 Å². The fraction of sp³-hybridized carbons (Fsp3) is 0.846. The number of nitrogens with one attached hydrogen (secondary N) is 3. The molecule has 0 aromatic heterocycles. The molecule has 10 heteroatoms. The van der Waals surface area contributed by atoms with Gasteiger partial charge in [-0.3, -0.25) is 9.59 Å². The van der Waals surface area contributed by atoms with Crippen LogP contribution in [0.25, 0.3) is 0 Å². The van der Waals surface area contributed by atoms with Gasteiger partial charge in [-0.15, -0.1) is 11.8 Å². The van der Waals surface area contributed by atoms with Crippen LogP contribution < -0.4 is 27.2 Å². The van der Waals surface area contributed by atoms with Crippen molar-refractivity contribution in [3.63, 3.8) is 0 Å². The van der Waals surface area contributed by atoms with Crippen molar-refractivity contribution >= 4 is 31.5 Å². The van der Waals surface area contributed by atoms with E-state index in [0.717, 1.165) is 12.8 Å². The molecule has 1 fully saturated rings. The molecule has 132 valence electrons. The average molecular weight is 364 g/mol. The fourth-order valence-electron chi connectivity index (χ4n) is 2.24. The fourth-order valence-corrected chi connectivity index (χ4v) is 4.13. The van der Waals surface area contributed by atoms with Crippen LogP contribution in [0.1, 0.15) is 32.6 Å². The molecule has 1 heterocycles. The summed E-state index contributed by atoms with van der Waals surface area (Å²) in [4.78, 5) is 24.2. The molecule has 8 nitrogen and oxygen atoms in total. The summed E-state index contributed by atoms with van der Waals surface area (Å²) >= 11 is 1.36. The van der Waals surface area contributed by atoms with Crippen molar-refractivity contribution in [2.75, 3.05) is 19.3 Å². The number of hydrogen-bond donors (Lipinski definition) is 5. The predicted molar refractivity (Wildman–Crippen MR) is 93.1 cm³/mol. The summed E-state index contributed by atoms with van der Waals surface area (Å²) in [5.74, 6) is -0.723. The lowest BCUT2D eigenvalue weighted by Gasteiger charge is -2.27. The molecule has 1 aliphatic heterocycles. The molecule has 1 rings (SSSR count). The lowest BCUT2D eigenvalue weighted by atomic mass is 10.1. The Morgan fingerprint density at radius 3 is 2.87 bits per heavy atom. The van der Waals surface area contributed by atoms with E-state index in [1.54, 1.807) is 0 Å². The zero-order valence-corrected chi connectivity index (χ0v) is 15.3. The monoisotopic (exact) mass is 364 g/mol. The minimum atomic E-state index is -2.17. The van der Waals surface area contributed by atoms with Crippen molar-refractivity contribution < 1.29 is 14.2 Å². The second-order valence-corrected chi connectivity index (χ2v) is 8.17. The largest absolute Gasteiger partial charge is 0.447 e. The number of carbonyl (C=O) groups excluding carboxylic acids is 2. The van der Waals surface area contributed by atoms with Gasteiger partial charge in [0.2, 0.25) is 0 Å².